The maximum absolute atomic E-state index is 11.9. The van der Waals surface area contributed by atoms with Gasteiger partial charge in [-0.3, -0.25) is 4.79 Å². The number of esters is 1. The quantitative estimate of drug-likeness (QED) is 0.780. The first-order chi connectivity index (χ1) is 8.97. The van der Waals surface area contributed by atoms with E-state index >= 15 is 0 Å². The number of ether oxygens (including phenoxy) is 1. The fourth-order valence-electron chi connectivity index (χ4n) is 1.64. The van der Waals surface area contributed by atoms with Gasteiger partial charge in [0.1, 0.15) is 6.04 Å². The zero-order valence-corrected chi connectivity index (χ0v) is 11.3. The molecule has 0 aliphatic heterocycles. The van der Waals surface area contributed by atoms with Crippen LogP contribution in [0.2, 0.25) is 0 Å². The molecule has 1 aromatic carbocycles. The largest absolute Gasteiger partial charge is 0.467 e. The van der Waals surface area contributed by atoms with Crippen LogP contribution >= 0.6 is 0 Å². The number of aliphatic hydroxyl groups is 1. The first kappa shape index (κ1) is 15.2. The molecule has 0 unspecified atom stereocenters. The molecule has 0 fully saturated rings. The van der Waals surface area contributed by atoms with E-state index in [-0.39, 0.29) is 5.92 Å². The molecule has 104 valence electrons. The van der Waals surface area contributed by atoms with Crippen molar-refractivity contribution in [2.24, 2.45) is 5.92 Å². The molecule has 0 aromatic heterocycles. The van der Waals surface area contributed by atoms with E-state index in [4.69, 9.17) is 0 Å². The number of carbonyl (C=O) groups excluding carboxylic acids is 2. The van der Waals surface area contributed by atoms with Gasteiger partial charge in [-0.1, -0.05) is 44.2 Å². The average Bonchev–Trinajstić information content (AvgIpc) is 2.43. The number of benzene rings is 1. The van der Waals surface area contributed by atoms with Crippen LogP contribution in [0.1, 0.15) is 25.5 Å². The standard InChI is InChI=1S/C14H19NO4/c1-9(2)11(14(18)19-3)15-13(17)12(16)10-7-5-4-6-8-10/h4-9,11-12,16H,1-3H3,(H,15,17)/t11-,12+/m1/s1. The molecule has 0 heterocycles. The minimum Gasteiger partial charge on any atom is -0.467 e. The van der Waals surface area contributed by atoms with Crippen molar-refractivity contribution >= 4 is 11.9 Å². The Kier molecular flexibility index (Phi) is 5.51. The molecule has 0 saturated heterocycles. The van der Waals surface area contributed by atoms with Gasteiger partial charge in [-0.15, -0.1) is 0 Å². The van der Waals surface area contributed by atoms with E-state index in [1.807, 2.05) is 0 Å². The first-order valence-corrected chi connectivity index (χ1v) is 6.08. The Bertz CT molecular complexity index is 430. The van der Waals surface area contributed by atoms with Crippen molar-refractivity contribution in [3.8, 4) is 0 Å². The predicted molar refractivity (Wildman–Crippen MR) is 70.2 cm³/mol. The van der Waals surface area contributed by atoms with Crippen LogP contribution in [-0.2, 0) is 14.3 Å². The lowest BCUT2D eigenvalue weighted by molar-refractivity contribution is -0.147. The van der Waals surface area contributed by atoms with Crippen LogP contribution in [0.3, 0.4) is 0 Å². The number of hydrogen-bond acceptors (Lipinski definition) is 4. The summed E-state index contributed by atoms with van der Waals surface area (Å²) in [5.41, 5.74) is 0.479. The minimum absolute atomic E-state index is 0.126. The lowest BCUT2D eigenvalue weighted by Gasteiger charge is -2.21. The summed E-state index contributed by atoms with van der Waals surface area (Å²) in [6, 6.07) is 7.77. The van der Waals surface area contributed by atoms with Crippen molar-refractivity contribution in [3.05, 3.63) is 35.9 Å². The number of nitrogens with one attached hydrogen (secondary N) is 1. The predicted octanol–water partition coefficient (Wildman–Crippen LogP) is 1.03. The van der Waals surface area contributed by atoms with Crippen LogP contribution in [0, 0.1) is 5.92 Å². The fraction of sp³-hybridized carbons (Fsp3) is 0.429. The van der Waals surface area contributed by atoms with Crippen molar-refractivity contribution < 1.29 is 19.4 Å². The second kappa shape index (κ2) is 6.89. The number of carbonyl (C=O) groups is 2. The van der Waals surface area contributed by atoms with E-state index in [1.165, 1.54) is 7.11 Å². The Labute approximate surface area is 112 Å². The maximum atomic E-state index is 11.9. The number of amides is 1. The van der Waals surface area contributed by atoms with Crippen molar-refractivity contribution in [1.29, 1.82) is 0 Å². The third-order valence-corrected chi connectivity index (χ3v) is 2.78. The van der Waals surface area contributed by atoms with E-state index in [9.17, 15) is 14.7 Å². The van der Waals surface area contributed by atoms with E-state index in [0.717, 1.165) is 0 Å². The number of rotatable bonds is 5. The molecule has 5 nitrogen and oxygen atoms in total. The fourth-order valence-corrected chi connectivity index (χ4v) is 1.64. The molecule has 5 heteroatoms. The van der Waals surface area contributed by atoms with Gasteiger partial charge in [0, 0.05) is 0 Å². The van der Waals surface area contributed by atoms with Crippen molar-refractivity contribution in [1.82, 2.24) is 5.32 Å². The normalized spacial score (nSPS) is 13.7. The van der Waals surface area contributed by atoms with Gasteiger partial charge in [0.25, 0.3) is 5.91 Å². The molecule has 2 N–H and O–H groups in total. The van der Waals surface area contributed by atoms with Gasteiger partial charge in [0.15, 0.2) is 6.10 Å². The Hall–Kier alpha value is -1.88. The Morgan fingerprint density at radius 3 is 2.26 bits per heavy atom. The van der Waals surface area contributed by atoms with Gasteiger partial charge < -0.3 is 15.2 Å². The van der Waals surface area contributed by atoms with Crippen LogP contribution in [0.25, 0.3) is 0 Å². The van der Waals surface area contributed by atoms with E-state index in [1.54, 1.807) is 44.2 Å². The first-order valence-electron chi connectivity index (χ1n) is 6.08. The molecule has 1 rings (SSSR count). The molecule has 1 aromatic rings. The lowest BCUT2D eigenvalue weighted by Crippen LogP contribution is -2.46. The summed E-state index contributed by atoms with van der Waals surface area (Å²) >= 11 is 0. The summed E-state index contributed by atoms with van der Waals surface area (Å²) in [5.74, 6) is -1.27. The second-order valence-corrected chi connectivity index (χ2v) is 4.57. The van der Waals surface area contributed by atoms with Crippen LogP contribution in [0.4, 0.5) is 0 Å². The average molecular weight is 265 g/mol. The van der Waals surface area contributed by atoms with Crippen molar-refractivity contribution in [2.75, 3.05) is 7.11 Å². The summed E-state index contributed by atoms with van der Waals surface area (Å²) < 4.78 is 4.62. The van der Waals surface area contributed by atoms with Gasteiger partial charge in [-0.05, 0) is 11.5 Å². The summed E-state index contributed by atoms with van der Waals surface area (Å²) in [6.07, 6.45) is -1.30. The molecular weight excluding hydrogens is 246 g/mol. The molecule has 1 amide bonds. The molecule has 19 heavy (non-hydrogen) atoms. The molecule has 0 aliphatic rings. The summed E-state index contributed by atoms with van der Waals surface area (Å²) in [4.78, 5) is 23.4. The molecular formula is C14H19NO4. The topological polar surface area (TPSA) is 75.6 Å². The molecule has 0 radical (unpaired) electrons. The SMILES string of the molecule is COC(=O)[C@H](NC(=O)[C@@H](O)c1ccccc1)C(C)C. The number of methoxy groups -OCH3 is 1. The van der Waals surface area contributed by atoms with Crippen LogP contribution in [0.15, 0.2) is 30.3 Å². The van der Waals surface area contributed by atoms with Gasteiger partial charge in [-0.2, -0.15) is 0 Å². The van der Waals surface area contributed by atoms with Crippen molar-refractivity contribution in [2.45, 2.75) is 26.0 Å². The van der Waals surface area contributed by atoms with E-state index < -0.39 is 24.0 Å². The highest BCUT2D eigenvalue weighted by molar-refractivity contribution is 5.87. The Morgan fingerprint density at radius 2 is 1.79 bits per heavy atom. The third kappa shape index (κ3) is 4.06. The van der Waals surface area contributed by atoms with Gasteiger partial charge in [0.05, 0.1) is 7.11 Å². The number of hydrogen-bond donors (Lipinski definition) is 2. The van der Waals surface area contributed by atoms with Crippen LogP contribution < -0.4 is 5.32 Å². The molecule has 0 aliphatic carbocycles. The maximum Gasteiger partial charge on any atom is 0.328 e. The highest BCUT2D eigenvalue weighted by atomic mass is 16.5. The number of aliphatic hydroxyl groups excluding tert-OH is 1. The van der Waals surface area contributed by atoms with Crippen LogP contribution in [0.5, 0.6) is 0 Å². The van der Waals surface area contributed by atoms with E-state index in [2.05, 4.69) is 10.1 Å². The zero-order valence-electron chi connectivity index (χ0n) is 11.3. The Balaban J connectivity index is 2.75. The third-order valence-electron chi connectivity index (χ3n) is 2.78. The molecule has 0 saturated carbocycles. The summed E-state index contributed by atoms with van der Waals surface area (Å²) in [6.45, 7) is 3.58. The highest BCUT2D eigenvalue weighted by Crippen LogP contribution is 2.13. The highest BCUT2D eigenvalue weighted by Gasteiger charge is 2.28. The van der Waals surface area contributed by atoms with Crippen molar-refractivity contribution in [3.63, 3.8) is 0 Å². The monoisotopic (exact) mass is 265 g/mol. The molecule has 2 atom stereocenters. The van der Waals surface area contributed by atoms with E-state index in [0.29, 0.717) is 5.56 Å². The zero-order chi connectivity index (χ0) is 14.4. The van der Waals surface area contributed by atoms with Crippen LogP contribution in [-0.4, -0.2) is 30.1 Å². The summed E-state index contributed by atoms with van der Waals surface area (Å²) in [7, 11) is 1.26. The van der Waals surface area contributed by atoms with Gasteiger partial charge in [-0.25, -0.2) is 4.79 Å². The minimum atomic E-state index is -1.30. The lowest BCUT2D eigenvalue weighted by atomic mass is 10.0. The second-order valence-electron chi connectivity index (χ2n) is 4.57. The Morgan fingerprint density at radius 1 is 1.21 bits per heavy atom. The van der Waals surface area contributed by atoms with Gasteiger partial charge in [0.2, 0.25) is 0 Å². The summed E-state index contributed by atoms with van der Waals surface area (Å²) in [5, 5.41) is 12.4. The van der Waals surface area contributed by atoms with Gasteiger partial charge >= 0.3 is 5.97 Å². The molecule has 0 spiro atoms. The molecule has 0 bridgehead atoms. The smallest absolute Gasteiger partial charge is 0.328 e.